The van der Waals surface area contributed by atoms with Crippen LogP contribution >= 0.6 is 11.6 Å². The maximum absolute atomic E-state index is 5.98. The highest BCUT2D eigenvalue weighted by Gasteiger charge is 2.13. The molecule has 54 valence electrons. The summed E-state index contributed by atoms with van der Waals surface area (Å²) >= 11 is 5.98. The molecule has 0 amide bonds. The normalized spacial score (nSPS) is 22.4. The minimum Gasteiger partial charge on any atom is -0.0987 e. The molecule has 0 saturated carbocycles. The quantitative estimate of drug-likeness (QED) is 0.543. The summed E-state index contributed by atoms with van der Waals surface area (Å²) in [5.74, 6) is 0. The van der Waals surface area contributed by atoms with Gasteiger partial charge in [0.25, 0.3) is 0 Å². The molecule has 0 heterocycles. The number of hydrogen-bond acceptors (Lipinski definition) is 0. The number of allylic oxidation sites excluding steroid dienone is 5. The van der Waals surface area contributed by atoms with Crippen LogP contribution in [0.5, 0.6) is 0 Å². The van der Waals surface area contributed by atoms with E-state index in [9.17, 15) is 0 Å². The Balaban J connectivity index is 2.94. The van der Waals surface area contributed by atoms with E-state index >= 15 is 0 Å². The van der Waals surface area contributed by atoms with Gasteiger partial charge in [-0.15, -0.1) is 0 Å². The summed E-state index contributed by atoms with van der Waals surface area (Å²) in [5, 5.41) is 0.914. The van der Waals surface area contributed by atoms with E-state index in [1.54, 1.807) is 0 Å². The van der Waals surface area contributed by atoms with Crippen molar-refractivity contribution in [3.8, 4) is 0 Å². The van der Waals surface area contributed by atoms with Crippen LogP contribution in [0, 0.1) is 0 Å². The molecular weight excluding hydrogens is 144 g/mol. The van der Waals surface area contributed by atoms with E-state index in [1.807, 2.05) is 13.0 Å². The molecule has 0 nitrogen and oxygen atoms in total. The van der Waals surface area contributed by atoms with Gasteiger partial charge in [0.1, 0.15) is 0 Å². The molecule has 1 rings (SSSR count). The third-order valence-electron chi connectivity index (χ3n) is 1.82. The van der Waals surface area contributed by atoms with Crippen LogP contribution in [0.25, 0.3) is 0 Å². The second kappa shape index (κ2) is 3.07. The first-order valence-electron chi connectivity index (χ1n) is 3.46. The van der Waals surface area contributed by atoms with Crippen LogP contribution in [0.15, 0.2) is 34.9 Å². The molecule has 10 heavy (non-hydrogen) atoms. The van der Waals surface area contributed by atoms with Crippen LogP contribution in [0.4, 0.5) is 0 Å². The fourth-order valence-electron chi connectivity index (χ4n) is 1.16. The molecule has 0 aromatic carbocycles. The fraction of sp³-hybridized carbons (Fsp3) is 0.333. The molecule has 0 atom stereocenters. The maximum Gasteiger partial charge on any atom is 0.0466 e. The Kier molecular flexibility index (Phi) is 2.34. The Morgan fingerprint density at radius 1 is 1.50 bits per heavy atom. The lowest BCUT2D eigenvalue weighted by atomic mass is 10.2. The summed E-state index contributed by atoms with van der Waals surface area (Å²) in [5.41, 5.74) is 2.45. The molecule has 0 spiro atoms. The van der Waals surface area contributed by atoms with E-state index in [0.29, 0.717) is 0 Å². The molecule has 1 heteroatoms. The van der Waals surface area contributed by atoms with Gasteiger partial charge in [-0.25, -0.2) is 0 Å². The molecule has 1 aliphatic rings. The van der Waals surface area contributed by atoms with Gasteiger partial charge >= 0.3 is 0 Å². The summed E-state index contributed by atoms with van der Waals surface area (Å²) in [6.07, 6.45) is 6.05. The van der Waals surface area contributed by atoms with E-state index in [-0.39, 0.29) is 0 Å². The zero-order valence-corrected chi connectivity index (χ0v) is 6.91. The smallest absolute Gasteiger partial charge is 0.0466 e. The van der Waals surface area contributed by atoms with Crippen molar-refractivity contribution >= 4 is 11.6 Å². The SMILES string of the molecule is C=CC1=C(Cl)C(=CC)CC1. The third kappa shape index (κ3) is 1.17. The molecule has 0 aliphatic heterocycles. The molecular formula is C9H11Cl. The van der Waals surface area contributed by atoms with Crippen LogP contribution in [0.3, 0.4) is 0 Å². The summed E-state index contributed by atoms with van der Waals surface area (Å²) < 4.78 is 0. The summed E-state index contributed by atoms with van der Waals surface area (Å²) in [4.78, 5) is 0. The zero-order valence-electron chi connectivity index (χ0n) is 6.15. The van der Waals surface area contributed by atoms with Crippen molar-refractivity contribution in [2.45, 2.75) is 19.8 Å². The van der Waals surface area contributed by atoms with Gasteiger partial charge in [0, 0.05) is 5.03 Å². The molecule has 0 bridgehead atoms. The second-order valence-corrected chi connectivity index (χ2v) is 2.74. The molecule has 0 radical (unpaired) electrons. The van der Waals surface area contributed by atoms with Crippen LogP contribution in [-0.4, -0.2) is 0 Å². The Bertz CT molecular complexity index is 209. The van der Waals surface area contributed by atoms with Crippen molar-refractivity contribution in [2.75, 3.05) is 0 Å². The van der Waals surface area contributed by atoms with Crippen molar-refractivity contribution in [3.63, 3.8) is 0 Å². The molecule has 0 aromatic heterocycles. The Hall–Kier alpha value is -0.490. The highest BCUT2D eigenvalue weighted by atomic mass is 35.5. The predicted octanol–water partition coefficient (Wildman–Crippen LogP) is 3.41. The van der Waals surface area contributed by atoms with Gasteiger partial charge in [-0.1, -0.05) is 30.3 Å². The first-order chi connectivity index (χ1) is 4.79. The zero-order chi connectivity index (χ0) is 7.56. The molecule has 0 N–H and O–H groups in total. The molecule has 0 saturated heterocycles. The number of halogens is 1. The lowest BCUT2D eigenvalue weighted by Gasteiger charge is -1.92. The van der Waals surface area contributed by atoms with E-state index in [0.717, 1.165) is 17.9 Å². The highest BCUT2D eigenvalue weighted by molar-refractivity contribution is 6.32. The van der Waals surface area contributed by atoms with Gasteiger partial charge in [-0.2, -0.15) is 0 Å². The third-order valence-corrected chi connectivity index (χ3v) is 2.31. The average Bonchev–Trinajstić information content (AvgIpc) is 2.30. The topological polar surface area (TPSA) is 0 Å². The maximum atomic E-state index is 5.98. The van der Waals surface area contributed by atoms with E-state index in [4.69, 9.17) is 11.6 Å². The molecule has 0 unspecified atom stereocenters. The van der Waals surface area contributed by atoms with Crippen LogP contribution < -0.4 is 0 Å². The largest absolute Gasteiger partial charge is 0.0987 e. The minimum atomic E-state index is 0.914. The Morgan fingerprint density at radius 2 is 2.20 bits per heavy atom. The lowest BCUT2D eigenvalue weighted by Crippen LogP contribution is -1.71. The van der Waals surface area contributed by atoms with Crippen LogP contribution in [0.1, 0.15) is 19.8 Å². The number of hydrogen-bond donors (Lipinski definition) is 0. The Morgan fingerprint density at radius 3 is 2.50 bits per heavy atom. The first kappa shape index (κ1) is 7.62. The fourth-order valence-corrected chi connectivity index (χ4v) is 1.53. The van der Waals surface area contributed by atoms with Crippen molar-refractivity contribution in [3.05, 3.63) is 34.9 Å². The van der Waals surface area contributed by atoms with E-state index in [1.165, 1.54) is 11.1 Å². The van der Waals surface area contributed by atoms with Gasteiger partial charge in [-0.3, -0.25) is 0 Å². The predicted molar refractivity (Wildman–Crippen MR) is 46.1 cm³/mol. The van der Waals surface area contributed by atoms with Gasteiger partial charge in [0.2, 0.25) is 0 Å². The summed E-state index contributed by atoms with van der Waals surface area (Å²) in [6.45, 7) is 5.71. The van der Waals surface area contributed by atoms with Crippen LogP contribution in [-0.2, 0) is 0 Å². The van der Waals surface area contributed by atoms with Gasteiger partial charge in [-0.05, 0) is 30.9 Å². The standard InChI is InChI=1S/C9H11Cl/c1-3-7-5-6-8(4-2)9(7)10/h3-4H,1,5-6H2,2H3. The van der Waals surface area contributed by atoms with Crippen molar-refractivity contribution < 1.29 is 0 Å². The summed E-state index contributed by atoms with van der Waals surface area (Å²) in [6, 6.07) is 0. The van der Waals surface area contributed by atoms with Crippen molar-refractivity contribution in [1.82, 2.24) is 0 Å². The van der Waals surface area contributed by atoms with Gasteiger partial charge in [0.05, 0.1) is 0 Å². The highest BCUT2D eigenvalue weighted by Crippen LogP contribution is 2.34. The molecule has 1 aliphatic carbocycles. The molecule has 0 aromatic rings. The van der Waals surface area contributed by atoms with Crippen molar-refractivity contribution in [2.24, 2.45) is 0 Å². The first-order valence-corrected chi connectivity index (χ1v) is 3.84. The Labute approximate surface area is 66.9 Å². The van der Waals surface area contributed by atoms with E-state index < -0.39 is 0 Å². The van der Waals surface area contributed by atoms with Crippen LogP contribution in [0.2, 0.25) is 0 Å². The second-order valence-electron chi connectivity index (χ2n) is 2.36. The van der Waals surface area contributed by atoms with Gasteiger partial charge < -0.3 is 0 Å². The number of rotatable bonds is 1. The average molecular weight is 155 g/mol. The minimum absolute atomic E-state index is 0.914. The van der Waals surface area contributed by atoms with E-state index in [2.05, 4.69) is 12.7 Å². The summed E-state index contributed by atoms with van der Waals surface area (Å²) in [7, 11) is 0. The van der Waals surface area contributed by atoms with Gasteiger partial charge in [0.15, 0.2) is 0 Å². The molecule has 0 fully saturated rings. The monoisotopic (exact) mass is 154 g/mol. The van der Waals surface area contributed by atoms with Crippen molar-refractivity contribution in [1.29, 1.82) is 0 Å². The lowest BCUT2D eigenvalue weighted by molar-refractivity contribution is 1.03.